The summed E-state index contributed by atoms with van der Waals surface area (Å²) in [5.74, 6) is 0.124. The molecule has 0 aromatic carbocycles. The van der Waals surface area contributed by atoms with E-state index >= 15 is 0 Å². The maximum Gasteiger partial charge on any atom is 0.234 e. The Morgan fingerprint density at radius 1 is 1.73 bits per heavy atom. The molecule has 0 spiro atoms. The van der Waals surface area contributed by atoms with Crippen LogP contribution in [-0.2, 0) is 4.79 Å². The van der Waals surface area contributed by atoms with Crippen molar-refractivity contribution in [2.24, 2.45) is 0 Å². The highest BCUT2D eigenvalue weighted by Gasteiger charge is 2.12. The minimum absolute atomic E-state index is 0.0243. The Bertz CT molecular complexity index is 128. The van der Waals surface area contributed by atoms with E-state index in [4.69, 9.17) is 5.11 Å². The van der Waals surface area contributed by atoms with E-state index in [9.17, 15) is 4.79 Å². The highest BCUT2D eigenvalue weighted by Crippen LogP contribution is 2.02. The van der Waals surface area contributed by atoms with Crippen LogP contribution in [0, 0.1) is 0 Å². The molecule has 1 N–H and O–H groups in total. The standard InChI is InChI=1S/C7H14INO2/c1-6(8)7(11)9(2)4-3-5-10/h6,10H,3-5H2,1-2H3/t6-/m1/s1. The van der Waals surface area contributed by atoms with Gasteiger partial charge in [-0.15, -0.1) is 0 Å². The van der Waals surface area contributed by atoms with Crippen molar-refractivity contribution < 1.29 is 9.90 Å². The lowest BCUT2D eigenvalue weighted by Gasteiger charge is -2.17. The molecular weight excluding hydrogens is 257 g/mol. The second-order valence-corrected chi connectivity index (χ2v) is 4.32. The average Bonchev–Trinajstić information content (AvgIpc) is 1.98. The van der Waals surface area contributed by atoms with Crippen LogP contribution in [0.15, 0.2) is 0 Å². The van der Waals surface area contributed by atoms with Crippen molar-refractivity contribution in [3.63, 3.8) is 0 Å². The Labute approximate surface area is 80.9 Å². The lowest BCUT2D eigenvalue weighted by Crippen LogP contribution is -2.32. The Morgan fingerprint density at radius 3 is 2.64 bits per heavy atom. The number of hydrogen-bond donors (Lipinski definition) is 1. The maximum absolute atomic E-state index is 11.2. The van der Waals surface area contributed by atoms with E-state index in [1.165, 1.54) is 0 Å². The molecule has 11 heavy (non-hydrogen) atoms. The van der Waals surface area contributed by atoms with Crippen LogP contribution in [0.5, 0.6) is 0 Å². The number of aliphatic hydroxyl groups is 1. The number of alkyl halides is 1. The van der Waals surface area contributed by atoms with Crippen LogP contribution in [0.1, 0.15) is 13.3 Å². The lowest BCUT2D eigenvalue weighted by molar-refractivity contribution is -0.128. The van der Waals surface area contributed by atoms with E-state index in [1.54, 1.807) is 11.9 Å². The first-order valence-electron chi connectivity index (χ1n) is 3.59. The first kappa shape index (κ1) is 11.2. The van der Waals surface area contributed by atoms with Crippen LogP contribution in [0.3, 0.4) is 0 Å². The second kappa shape index (κ2) is 5.77. The van der Waals surface area contributed by atoms with Gasteiger partial charge in [0.05, 0.1) is 3.92 Å². The number of aliphatic hydroxyl groups excluding tert-OH is 1. The molecule has 3 nitrogen and oxygen atoms in total. The summed E-state index contributed by atoms with van der Waals surface area (Å²) in [5.41, 5.74) is 0. The summed E-state index contributed by atoms with van der Waals surface area (Å²) in [5, 5.41) is 8.50. The molecule has 0 aromatic rings. The minimum Gasteiger partial charge on any atom is -0.396 e. The van der Waals surface area contributed by atoms with Gasteiger partial charge in [-0.25, -0.2) is 0 Å². The molecule has 0 fully saturated rings. The molecule has 0 saturated carbocycles. The zero-order chi connectivity index (χ0) is 8.85. The topological polar surface area (TPSA) is 40.5 Å². The van der Waals surface area contributed by atoms with Crippen LogP contribution in [0.2, 0.25) is 0 Å². The van der Waals surface area contributed by atoms with Crippen molar-refractivity contribution in [1.29, 1.82) is 0 Å². The van der Waals surface area contributed by atoms with Crippen molar-refractivity contribution in [2.45, 2.75) is 17.3 Å². The van der Waals surface area contributed by atoms with E-state index in [1.807, 2.05) is 6.92 Å². The molecule has 0 heterocycles. The van der Waals surface area contributed by atoms with Crippen molar-refractivity contribution >= 4 is 28.5 Å². The average molecular weight is 271 g/mol. The smallest absolute Gasteiger partial charge is 0.234 e. The fraction of sp³-hybridized carbons (Fsp3) is 0.857. The predicted octanol–water partition coefficient (Wildman–Crippen LogP) is 0.651. The molecule has 0 aliphatic heterocycles. The van der Waals surface area contributed by atoms with E-state index < -0.39 is 0 Å². The first-order valence-corrected chi connectivity index (χ1v) is 4.84. The number of halogens is 1. The monoisotopic (exact) mass is 271 g/mol. The fourth-order valence-corrected chi connectivity index (χ4v) is 1.20. The highest BCUT2D eigenvalue weighted by molar-refractivity contribution is 14.1. The SMILES string of the molecule is C[C@@H](I)C(=O)N(C)CCCO. The number of carbonyl (C=O) groups is 1. The van der Waals surface area contributed by atoms with E-state index in [0.717, 1.165) is 0 Å². The predicted molar refractivity (Wildman–Crippen MR) is 52.8 cm³/mol. The molecule has 0 unspecified atom stereocenters. The van der Waals surface area contributed by atoms with E-state index in [2.05, 4.69) is 22.6 Å². The highest BCUT2D eigenvalue weighted by atomic mass is 127. The summed E-state index contributed by atoms with van der Waals surface area (Å²) >= 11 is 2.08. The molecule has 0 radical (unpaired) electrons. The number of nitrogens with zero attached hydrogens (tertiary/aromatic N) is 1. The van der Waals surface area contributed by atoms with Crippen LogP contribution < -0.4 is 0 Å². The fourth-order valence-electron chi connectivity index (χ4n) is 0.722. The van der Waals surface area contributed by atoms with Crippen LogP contribution in [0.25, 0.3) is 0 Å². The van der Waals surface area contributed by atoms with Gasteiger partial charge in [0.2, 0.25) is 5.91 Å². The Kier molecular flexibility index (Phi) is 5.85. The van der Waals surface area contributed by atoms with Crippen molar-refractivity contribution in [1.82, 2.24) is 4.90 Å². The van der Waals surface area contributed by atoms with Gasteiger partial charge >= 0.3 is 0 Å². The largest absolute Gasteiger partial charge is 0.396 e. The Morgan fingerprint density at radius 2 is 2.27 bits per heavy atom. The number of hydrogen-bond acceptors (Lipinski definition) is 2. The van der Waals surface area contributed by atoms with E-state index in [-0.39, 0.29) is 16.4 Å². The molecular formula is C7H14INO2. The maximum atomic E-state index is 11.2. The lowest BCUT2D eigenvalue weighted by atomic mass is 10.3. The van der Waals surface area contributed by atoms with Gasteiger partial charge in [-0.1, -0.05) is 22.6 Å². The number of amides is 1. The molecule has 0 bridgehead atoms. The molecule has 0 aromatic heterocycles. The zero-order valence-electron chi connectivity index (χ0n) is 6.88. The Balaban J connectivity index is 3.64. The van der Waals surface area contributed by atoms with Crippen LogP contribution in [-0.4, -0.2) is 40.0 Å². The van der Waals surface area contributed by atoms with E-state index in [0.29, 0.717) is 13.0 Å². The number of carbonyl (C=O) groups excluding carboxylic acids is 1. The summed E-state index contributed by atoms with van der Waals surface area (Å²) < 4.78 is 0.0243. The van der Waals surface area contributed by atoms with Gasteiger partial charge in [-0.2, -0.15) is 0 Å². The summed E-state index contributed by atoms with van der Waals surface area (Å²) in [6.07, 6.45) is 0.658. The van der Waals surface area contributed by atoms with Gasteiger partial charge in [0.15, 0.2) is 0 Å². The normalized spacial score (nSPS) is 12.7. The van der Waals surface area contributed by atoms with Crippen molar-refractivity contribution in [3.8, 4) is 0 Å². The third-order valence-electron chi connectivity index (χ3n) is 1.37. The van der Waals surface area contributed by atoms with Gasteiger partial charge in [-0.3, -0.25) is 4.79 Å². The summed E-state index contributed by atoms with van der Waals surface area (Å²) in [4.78, 5) is 12.8. The summed E-state index contributed by atoms with van der Waals surface area (Å²) in [6, 6.07) is 0. The van der Waals surface area contributed by atoms with Gasteiger partial charge in [0.1, 0.15) is 0 Å². The molecule has 0 aliphatic rings. The molecule has 0 rings (SSSR count). The van der Waals surface area contributed by atoms with Gasteiger partial charge in [0, 0.05) is 20.2 Å². The third kappa shape index (κ3) is 4.58. The molecule has 1 atom stereocenters. The van der Waals surface area contributed by atoms with Crippen molar-refractivity contribution in [2.75, 3.05) is 20.2 Å². The number of rotatable bonds is 4. The van der Waals surface area contributed by atoms with Crippen LogP contribution >= 0.6 is 22.6 Å². The molecule has 0 aliphatic carbocycles. The minimum atomic E-state index is 0.0243. The van der Waals surface area contributed by atoms with Gasteiger partial charge in [0.25, 0.3) is 0 Å². The molecule has 1 amide bonds. The van der Waals surface area contributed by atoms with Gasteiger partial charge in [-0.05, 0) is 13.3 Å². The summed E-state index contributed by atoms with van der Waals surface area (Å²) in [6.45, 7) is 2.65. The second-order valence-electron chi connectivity index (χ2n) is 2.45. The first-order chi connectivity index (χ1) is 5.09. The zero-order valence-corrected chi connectivity index (χ0v) is 9.04. The summed E-state index contributed by atoms with van der Waals surface area (Å²) in [7, 11) is 1.76. The van der Waals surface area contributed by atoms with Crippen molar-refractivity contribution in [3.05, 3.63) is 0 Å². The molecule has 0 saturated heterocycles. The van der Waals surface area contributed by atoms with Crippen LogP contribution in [0.4, 0.5) is 0 Å². The molecule has 4 heteroatoms. The molecule has 66 valence electrons. The third-order valence-corrected chi connectivity index (χ3v) is 1.90. The Hall–Kier alpha value is 0.160. The van der Waals surface area contributed by atoms with Gasteiger partial charge < -0.3 is 10.0 Å². The quantitative estimate of drug-likeness (QED) is 0.602.